The molecule has 3 heterocycles. The zero-order valence-corrected chi connectivity index (χ0v) is 15.3. The predicted molar refractivity (Wildman–Crippen MR) is 106 cm³/mol. The second-order valence-corrected chi connectivity index (χ2v) is 8.14. The Kier molecular flexibility index (Phi) is 3.50. The number of imidazole rings is 1. The molecule has 138 valence electrons. The van der Waals surface area contributed by atoms with Gasteiger partial charge in [-0.15, -0.1) is 0 Å². The molecule has 3 aromatic heterocycles. The topological polar surface area (TPSA) is 101 Å². The van der Waals surface area contributed by atoms with E-state index in [0.717, 1.165) is 5.56 Å². The monoisotopic (exact) mass is 390 g/mol. The Morgan fingerprint density at radius 1 is 1.00 bits per heavy atom. The number of nitrogens with one attached hydrogen (secondary N) is 1. The minimum atomic E-state index is -3.76. The van der Waals surface area contributed by atoms with E-state index in [0.29, 0.717) is 27.9 Å². The summed E-state index contributed by atoms with van der Waals surface area (Å²) in [6, 6.07) is 16.7. The van der Waals surface area contributed by atoms with E-state index in [1.807, 2.05) is 6.07 Å². The van der Waals surface area contributed by atoms with Gasteiger partial charge in [-0.05, 0) is 30.3 Å². The number of aromatic nitrogens is 4. The molecule has 2 aromatic carbocycles. The van der Waals surface area contributed by atoms with Gasteiger partial charge in [-0.25, -0.2) is 22.4 Å². The smallest absolute Gasteiger partial charge is 0.269 e. The van der Waals surface area contributed by atoms with Gasteiger partial charge in [0.2, 0.25) is 0 Å². The molecular formula is C20H14N4O3S. The fraction of sp³-hybridized carbons (Fsp3) is 0. The van der Waals surface area contributed by atoms with Gasteiger partial charge in [0.05, 0.1) is 16.6 Å². The van der Waals surface area contributed by atoms with Gasteiger partial charge in [0.15, 0.2) is 5.65 Å². The Balaban J connectivity index is 1.71. The molecule has 0 fully saturated rings. The highest BCUT2D eigenvalue weighted by atomic mass is 32.2. The largest absolute Gasteiger partial charge is 0.508 e. The van der Waals surface area contributed by atoms with Gasteiger partial charge in [-0.1, -0.05) is 30.3 Å². The maximum Gasteiger partial charge on any atom is 0.269 e. The summed E-state index contributed by atoms with van der Waals surface area (Å²) in [5.74, 6) is 0.709. The summed E-state index contributed by atoms with van der Waals surface area (Å²) >= 11 is 0. The van der Waals surface area contributed by atoms with Crippen molar-refractivity contribution in [2.75, 3.05) is 0 Å². The molecule has 0 aliphatic heterocycles. The molecule has 0 aliphatic carbocycles. The molecule has 0 radical (unpaired) electrons. The molecule has 28 heavy (non-hydrogen) atoms. The van der Waals surface area contributed by atoms with Crippen molar-refractivity contribution in [1.29, 1.82) is 0 Å². The summed E-state index contributed by atoms with van der Waals surface area (Å²) in [4.78, 5) is 12.3. The van der Waals surface area contributed by atoms with Crippen molar-refractivity contribution < 1.29 is 13.5 Å². The Hall–Kier alpha value is -3.65. The molecule has 5 aromatic rings. The molecule has 0 atom stereocenters. The Labute approximate surface area is 160 Å². The van der Waals surface area contributed by atoms with Gasteiger partial charge in [0.1, 0.15) is 17.1 Å². The second kappa shape index (κ2) is 5.93. The lowest BCUT2D eigenvalue weighted by Crippen LogP contribution is -2.12. The molecule has 5 rings (SSSR count). The van der Waals surface area contributed by atoms with E-state index in [-0.39, 0.29) is 10.6 Å². The Morgan fingerprint density at radius 2 is 1.82 bits per heavy atom. The first-order valence-corrected chi connectivity index (χ1v) is 9.94. The molecule has 0 saturated carbocycles. The zero-order valence-electron chi connectivity index (χ0n) is 14.4. The minimum absolute atomic E-state index is 0.140. The van der Waals surface area contributed by atoms with Crippen LogP contribution in [0.2, 0.25) is 0 Å². The second-order valence-electron chi connectivity index (χ2n) is 6.32. The molecule has 0 aliphatic rings. The average molecular weight is 390 g/mol. The Bertz CT molecular complexity index is 1440. The highest BCUT2D eigenvalue weighted by Crippen LogP contribution is 2.29. The van der Waals surface area contributed by atoms with Crippen LogP contribution in [0.5, 0.6) is 5.75 Å². The van der Waals surface area contributed by atoms with Crippen LogP contribution >= 0.6 is 0 Å². The molecule has 0 amide bonds. The first kappa shape index (κ1) is 16.5. The van der Waals surface area contributed by atoms with Gasteiger partial charge in [0.25, 0.3) is 10.0 Å². The first-order chi connectivity index (χ1) is 13.5. The number of aromatic amines is 1. The zero-order chi connectivity index (χ0) is 19.3. The third-order valence-electron chi connectivity index (χ3n) is 4.55. The highest BCUT2D eigenvalue weighted by molar-refractivity contribution is 7.90. The summed E-state index contributed by atoms with van der Waals surface area (Å²) in [5, 5.41) is 10.3. The molecule has 0 saturated heterocycles. The third-order valence-corrected chi connectivity index (χ3v) is 6.23. The number of fused-ring (bicyclic) bond motifs is 3. The number of benzene rings is 2. The average Bonchev–Trinajstić information content (AvgIpc) is 3.33. The number of phenols is 1. The number of H-pyrrole nitrogens is 1. The summed E-state index contributed by atoms with van der Waals surface area (Å²) in [6.07, 6.45) is 3.05. The predicted octanol–water partition coefficient (Wildman–Crippen LogP) is 3.52. The van der Waals surface area contributed by atoms with Gasteiger partial charge in [-0.2, -0.15) is 0 Å². The van der Waals surface area contributed by atoms with Gasteiger partial charge in [0, 0.05) is 17.1 Å². The number of pyridine rings is 1. The number of nitrogens with zero attached hydrogens (tertiary/aromatic N) is 3. The Morgan fingerprint density at radius 3 is 2.61 bits per heavy atom. The summed E-state index contributed by atoms with van der Waals surface area (Å²) < 4.78 is 27.1. The van der Waals surface area contributed by atoms with Gasteiger partial charge < -0.3 is 10.1 Å². The van der Waals surface area contributed by atoms with Crippen LogP contribution in [0.4, 0.5) is 0 Å². The number of phenolic OH excluding ortho intramolecular Hbond substituents is 1. The molecule has 0 unspecified atom stereocenters. The van der Waals surface area contributed by atoms with Crippen LogP contribution in [0.25, 0.3) is 33.5 Å². The standard InChI is InChI=1S/C20H14N4O3S/c25-14-6-4-5-13(11-14)19-22-17-12-21-20-16(18(17)23-19)9-10-24(20)28(26,27)15-7-2-1-3-8-15/h1-12,25H,(H,22,23). The van der Waals surface area contributed by atoms with Crippen LogP contribution in [0.3, 0.4) is 0 Å². The maximum atomic E-state index is 13.0. The van der Waals surface area contributed by atoms with E-state index in [2.05, 4.69) is 15.0 Å². The molecule has 8 heteroatoms. The molecule has 0 spiro atoms. The van der Waals surface area contributed by atoms with Crippen molar-refractivity contribution in [1.82, 2.24) is 18.9 Å². The highest BCUT2D eigenvalue weighted by Gasteiger charge is 2.21. The quantitative estimate of drug-likeness (QED) is 0.491. The summed E-state index contributed by atoms with van der Waals surface area (Å²) in [6.45, 7) is 0. The normalized spacial score (nSPS) is 12.0. The van der Waals surface area contributed by atoms with E-state index in [1.54, 1.807) is 60.8 Å². The number of rotatable bonds is 3. The van der Waals surface area contributed by atoms with Crippen LogP contribution in [0.1, 0.15) is 0 Å². The molecule has 2 N–H and O–H groups in total. The lowest BCUT2D eigenvalue weighted by Gasteiger charge is -2.06. The van der Waals surface area contributed by atoms with E-state index in [9.17, 15) is 13.5 Å². The van der Waals surface area contributed by atoms with Crippen molar-refractivity contribution in [3.63, 3.8) is 0 Å². The lowest BCUT2D eigenvalue weighted by molar-refractivity contribution is 0.475. The van der Waals surface area contributed by atoms with Gasteiger partial charge >= 0.3 is 0 Å². The van der Waals surface area contributed by atoms with Crippen LogP contribution in [-0.4, -0.2) is 32.4 Å². The fourth-order valence-corrected chi connectivity index (χ4v) is 4.54. The van der Waals surface area contributed by atoms with Crippen molar-refractivity contribution in [2.24, 2.45) is 0 Å². The fourth-order valence-electron chi connectivity index (χ4n) is 3.22. The van der Waals surface area contributed by atoms with Crippen LogP contribution < -0.4 is 0 Å². The van der Waals surface area contributed by atoms with Crippen LogP contribution in [-0.2, 0) is 10.0 Å². The minimum Gasteiger partial charge on any atom is -0.508 e. The van der Waals surface area contributed by atoms with Crippen LogP contribution in [0.15, 0.2) is 78.0 Å². The SMILES string of the molecule is O=S(=O)(c1ccccc1)n1ccc2c3nc(-c4cccc(O)c4)[nH]c3cnc21. The molecular weight excluding hydrogens is 376 g/mol. The lowest BCUT2D eigenvalue weighted by atomic mass is 10.2. The number of hydrogen-bond acceptors (Lipinski definition) is 5. The number of hydrogen-bond donors (Lipinski definition) is 2. The van der Waals surface area contributed by atoms with E-state index >= 15 is 0 Å². The summed E-state index contributed by atoms with van der Waals surface area (Å²) in [7, 11) is -3.76. The first-order valence-electron chi connectivity index (χ1n) is 8.50. The van der Waals surface area contributed by atoms with Crippen LogP contribution in [0, 0.1) is 0 Å². The molecule has 0 bridgehead atoms. The summed E-state index contributed by atoms with van der Waals surface area (Å²) in [5.41, 5.74) is 2.33. The number of aromatic hydroxyl groups is 1. The van der Waals surface area contributed by atoms with Crippen molar-refractivity contribution >= 4 is 32.1 Å². The molecule has 7 nitrogen and oxygen atoms in total. The van der Waals surface area contributed by atoms with E-state index in [1.165, 1.54) is 10.2 Å². The van der Waals surface area contributed by atoms with Gasteiger partial charge in [-0.3, -0.25) is 0 Å². The maximum absolute atomic E-state index is 13.0. The third kappa shape index (κ3) is 2.46. The van der Waals surface area contributed by atoms with E-state index < -0.39 is 10.0 Å². The van der Waals surface area contributed by atoms with E-state index in [4.69, 9.17) is 0 Å². The van der Waals surface area contributed by atoms with Crippen molar-refractivity contribution in [3.8, 4) is 17.1 Å². The van der Waals surface area contributed by atoms with Crippen molar-refractivity contribution in [2.45, 2.75) is 4.90 Å². The van der Waals surface area contributed by atoms with Crippen molar-refractivity contribution in [3.05, 3.63) is 73.1 Å².